The van der Waals surface area contributed by atoms with Crippen LogP contribution < -0.4 is 10.2 Å². The van der Waals surface area contributed by atoms with Crippen LogP contribution in [-0.2, 0) is 0 Å². The highest BCUT2D eigenvalue weighted by Gasteiger charge is 2.09. The number of nitrogens with zero attached hydrogens (tertiary/aromatic N) is 1. The smallest absolute Gasteiger partial charge is 0.255 e. The lowest BCUT2D eigenvalue weighted by molar-refractivity contribution is 0.0970. The van der Waals surface area contributed by atoms with Gasteiger partial charge in [-0.2, -0.15) is 0 Å². The van der Waals surface area contributed by atoms with Gasteiger partial charge in [0.25, 0.3) is 5.91 Å². The molecule has 0 spiro atoms. The molecule has 0 fully saturated rings. The molecule has 0 saturated carbocycles. The van der Waals surface area contributed by atoms with Crippen molar-refractivity contribution in [3.05, 3.63) is 42.1 Å². The van der Waals surface area contributed by atoms with E-state index in [2.05, 4.69) is 30.1 Å². The number of hydrogen-bond donors (Lipinski definition) is 1. The molecular weight excluding hydrogens is 248 g/mol. The minimum absolute atomic E-state index is 0.0584. The molecule has 0 radical (unpaired) electrons. The Kier molecular flexibility index (Phi) is 7.48. The number of anilines is 1. The second-order valence-corrected chi connectivity index (χ2v) is 4.86. The molecule has 1 N–H and O–H groups in total. The van der Waals surface area contributed by atoms with Crippen LogP contribution in [0.5, 0.6) is 0 Å². The lowest BCUT2D eigenvalue weighted by Crippen LogP contribution is -2.26. The second kappa shape index (κ2) is 9.18. The highest BCUT2D eigenvalue weighted by atomic mass is 16.1. The minimum atomic E-state index is -0.0584. The maximum atomic E-state index is 12.0. The molecule has 0 aliphatic rings. The molecule has 0 atom stereocenters. The van der Waals surface area contributed by atoms with Gasteiger partial charge in [-0.05, 0) is 44.2 Å². The van der Waals surface area contributed by atoms with Crippen molar-refractivity contribution in [1.82, 2.24) is 5.32 Å². The fraction of sp³-hybridized carbons (Fsp3) is 0.471. The summed E-state index contributed by atoms with van der Waals surface area (Å²) in [6, 6.07) is 7.86. The normalized spacial score (nSPS) is 10.8. The van der Waals surface area contributed by atoms with E-state index in [0.29, 0.717) is 5.56 Å². The highest BCUT2D eigenvalue weighted by Crippen LogP contribution is 2.17. The van der Waals surface area contributed by atoms with Gasteiger partial charge in [0.2, 0.25) is 0 Å². The van der Waals surface area contributed by atoms with Crippen LogP contribution in [0.15, 0.2) is 36.5 Å². The number of allylic oxidation sites excluding steroid dienone is 1. The average molecular weight is 274 g/mol. The predicted molar refractivity (Wildman–Crippen MR) is 86.1 cm³/mol. The van der Waals surface area contributed by atoms with Crippen molar-refractivity contribution in [3.63, 3.8) is 0 Å². The van der Waals surface area contributed by atoms with Gasteiger partial charge in [0.1, 0.15) is 0 Å². The van der Waals surface area contributed by atoms with Gasteiger partial charge >= 0.3 is 0 Å². The van der Waals surface area contributed by atoms with Gasteiger partial charge < -0.3 is 10.2 Å². The van der Waals surface area contributed by atoms with Crippen LogP contribution in [-0.4, -0.2) is 19.0 Å². The van der Waals surface area contributed by atoms with Crippen molar-refractivity contribution in [1.29, 1.82) is 0 Å². The van der Waals surface area contributed by atoms with E-state index >= 15 is 0 Å². The molecule has 3 heteroatoms. The van der Waals surface area contributed by atoms with Crippen LogP contribution in [0.1, 0.15) is 50.4 Å². The number of hydrogen-bond acceptors (Lipinski definition) is 2. The van der Waals surface area contributed by atoms with E-state index in [9.17, 15) is 4.79 Å². The maximum absolute atomic E-state index is 12.0. The summed E-state index contributed by atoms with van der Waals surface area (Å²) in [5.74, 6) is -0.0584. The zero-order valence-corrected chi connectivity index (χ0v) is 12.9. The van der Waals surface area contributed by atoms with E-state index in [1.165, 1.54) is 12.8 Å². The average Bonchev–Trinajstić information content (AvgIpc) is 2.49. The third-order valence-electron chi connectivity index (χ3n) is 3.13. The van der Waals surface area contributed by atoms with Gasteiger partial charge in [-0.25, -0.2) is 0 Å². The quantitative estimate of drug-likeness (QED) is 0.778. The molecule has 0 aliphatic heterocycles. The van der Waals surface area contributed by atoms with Crippen molar-refractivity contribution in [2.45, 2.75) is 40.0 Å². The molecule has 1 aromatic rings. The Morgan fingerprint density at radius 1 is 1.25 bits per heavy atom. The summed E-state index contributed by atoms with van der Waals surface area (Å²) in [5, 5.41) is 2.75. The second-order valence-electron chi connectivity index (χ2n) is 4.86. The SMILES string of the molecule is C/C=C/NC(=O)c1cccc(N(CCC)CCCC)c1. The highest BCUT2D eigenvalue weighted by molar-refractivity contribution is 5.95. The molecule has 20 heavy (non-hydrogen) atoms. The Morgan fingerprint density at radius 2 is 2.05 bits per heavy atom. The fourth-order valence-electron chi connectivity index (χ4n) is 2.08. The molecule has 0 bridgehead atoms. The largest absolute Gasteiger partial charge is 0.372 e. The van der Waals surface area contributed by atoms with Gasteiger partial charge in [0.05, 0.1) is 0 Å². The van der Waals surface area contributed by atoms with E-state index in [0.717, 1.165) is 25.2 Å². The van der Waals surface area contributed by atoms with Crippen molar-refractivity contribution < 1.29 is 4.79 Å². The third kappa shape index (κ3) is 5.08. The predicted octanol–water partition coefficient (Wildman–Crippen LogP) is 3.97. The van der Waals surface area contributed by atoms with Crippen LogP contribution >= 0.6 is 0 Å². The number of carbonyl (C=O) groups excluding carboxylic acids is 1. The molecule has 3 nitrogen and oxygen atoms in total. The molecule has 1 amide bonds. The number of rotatable bonds is 8. The van der Waals surface area contributed by atoms with E-state index in [1.54, 1.807) is 6.20 Å². The first kappa shape index (κ1) is 16.3. The molecular formula is C17H26N2O. The van der Waals surface area contributed by atoms with Crippen molar-refractivity contribution in [2.24, 2.45) is 0 Å². The third-order valence-corrected chi connectivity index (χ3v) is 3.13. The number of carbonyl (C=O) groups is 1. The van der Waals surface area contributed by atoms with Gasteiger partial charge in [-0.3, -0.25) is 4.79 Å². The monoisotopic (exact) mass is 274 g/mol. The van der Waals surface area contributed by atoms with Crippen LogP contribution in [0.2, 0.25) is 0 Å². The summed E-state index contributed by atoms with van der Waals surface area (Å²) < 4.78 is 0. The standard InChI is InChI=1S/C17H26N2O/c1-4-7-13-19(12-6-3)16-10-8-9-15(14-16)17(20)18-11-5-2/h5,8-11,14H,4,6-7,12-13H2,1-3H3,(H,18,20)/b11-5+. The molecule has 110 valence electrons. The maximum Gasteiger partial charge on any atom is 0.255 e. The first-order valence-electron chi connectivity index (χ1n) is 7.50. The zero-order chi connectivity index (χ0) is 14.8. The Bertz CT molecular complexity index is 440. The van der Waals surface area contributed by atoms with E-state index in [-0.39, 0.29) is 5.91 Å². The van der Waals surface area contributed by atoms with Crippen LogP contribution in [0, 0.1) is 0 Å². The Morgan fingerprint density at radius 3 is 2.70 bits per heavy atom. The van der Waals surface area contributed by atoms with Crippen molar-refractivity contribution >= 4 is 11.6 Å². The van der Waals surface area contributed by atoms with E-state index in [4.69, 9.17) is 0 Å². The van der Waals surface area contributed by atoms with Gasteiger partial charge in [0.15, 0.2) is 0 Å². The number of nitrogens with one attached hydrogen (secondary N) is 1. The summed E-state index contributed by atoms with van der Waals surface area (Å²) in [6.45, 7) is 8.33. The summed E-state index contributed by atoms with van der Waals surface area (Å²) in [7, 11) is 0. The summed E-state index contributed by atoms with van der Waals surface area (Å²) in [5.41, 5.74) is 1.84. The molecule has 0 aromatic heterocycles. The van der Waals surface area contributed by atoms with Crippen molar-refractivity contribution in [2.75, 3.05) is 18.0 Å². The zero-order valence-electron chi connectivity index (χ0n) is 12.9. The number of amides is 1. The van der Waals surface area contributed by atoms with Crippen molar-refractivity contribution in [3.8, 4) is 0 Å². The van der Waals surface area contributed by atoms with E-state index in [1.807, 2.05) is 31.2 Å². The fourth-order valence-corrected chi connectivity index (χ4v) is 2.08. The Labute approximate surface area is 122 Å². The summed E-state index contributed by atoms with van der Waals surface area (Å²) in [6.07, 6.45) is 6.94. The minimum Gasteiger partial charge on any atom is -0.372 e. The van der Waals surface area contributed by atoms with Crippen LogP contribution in [0.3, 0.4) is 0 Å². The lowest BCUT2D eigenvalue weighted by Gasteiger charge is -2.24. The first-order valence-corrected chi connectivity index (χ1v) is 7.50. The van der Waals surface area contributed by atoms with Gasteiger partial charge in [0, 0.05) is 24.3 Å². The molecule has 0 saturated heterocycles. The van der Waals surface area contributed by atoms with Gasteiger partial charge in [-0.15, -0.1) is 0 Å². The van der Waals surface area contributed by atoms with Crippen LogP contribution in [0.25, 0.3) is 0 Å². The van der Waals surface area contributed by atoms with E-state index < -0.39 is 0 Å². The number of unbranched alkanes of at least 4 members (excludes halogenated alkanes) is 1. The number of benzene rings is 1. The molecule has 1 rings (SSSR count). The Hall–Kier alpha value is -1.77. The molecule has 0 aliphatic carbocycles. The molecule has 0 heterocycles. The topological polar surface area (TPSA) is 32.3 Å². The van der Waals surface area contributed by atoms with Crippen LogP contribution in [0.4, 0.5) is 5.69 Å². The molecule has 0 unspecified atom stereocenters. The lowest BCUT2D eigenvalue weighted by atomic mass is 10.1. The summed E-state index contributed by atoms with van der Waals surface area (Å²) >= 11 is 0. The Balaban J connectivity index is 2.85. The van der Waals surface area contributed by atoms with Gasteiger partial charge in [-0.1, -0.05) is 32.4 Å². The molecule has 1 aromatic carbocycles. The first-order chi connectivity index (χ1) is 9.72. The summed E-state index contributed by atoms with van der Waals surface area (Å²) in [4.78, 5) is 14.3.